The summed E-state index contributed by atoms with van der Waals surface area (Å²) in [6, 6.07) is 7.25. The van der Waals surface area contributed by atoms with Crippen molar-refractivity contribution in [3.8, 4) is 5.75 Å². The molecule has 1 aromatic rings. The Hall–Kier alpha value is -1.51. The van der Waals surface area contributed by atoms with Crippen molar-refractivity contribution in [1.29, 1.82) is 0 Å². The van der Waals surface area contributed by atoms with Crippen LogP contribution in [-0.4, -0.2) is 17.7 Å². The van der Waals surface area contributed by atoms with E-state index in [1.54, 1.807) is 6.07 Å². The van der Waals surface area contributed by atoms with Crippen molar-refractivity contribution in [2.75, 3.05) is 6.61 Å². The first-order chi connectivity index (χ1) is 15.6. The number of ether oxygens (including phenoxy) is 1. The van der Waals surface area contributed by atoms with E-state index in [1.807, 2.05) is 25.1 Å². The van der Waals surface area contributed by atoms with E-state index in [0.717, 1.165) is 24.8 Å². The zero-order valence-electron chi connectivity index (χ0n) is 21.5. The molecule has 32 heavy (non-hydrogen) atoms. The van der Waals surface area contributed by atoms with Crippen molar-refractivity contribution in [3.63, 3.8) is 0 Å². The first kappa shape index (κ1) is 30.5. The molecular weight excluding hydrogens is 396 g/mol. The summed E-state index contributed by atoms with van der Waals surface area (Å²) in [7, 11) is 0. The lowest BCUT2D eigenvalue weighted by atomic mass is 10.0. The molecule has 0 atom stereocenters. The molecule has 0 radical (unpaired) electrons. The molecule has 0 amide bonds. The van der Waals surface area contributed by atoms with Crippen molar-refractivity contribution in [2.24, 2.45) is 0 Å². The van der Waals surface area contributed by atoms with Gasteiger partial charge in [-0.2, -0.15) is 0 Å². The van der Waals surface area contributed by atoms with Crippen molar-refractivity contribution in [3.05, 3.63) is 29.8 Å². The van der Waals surface area contributed by atoms with E-state index in [4.69, 9.17) is 9.84 Å². The van der Waals surface area contributed by atoms with Crippen LogP contribution < -0.4 is 0 Å². The molecule has 0 saturated carbocycles. The Bertz CT molecular complexity index is 506. The molecule has 0 unspecified atom stereocenters. The normalized spacial score (nSPS) is 10.5. The molecule has 0 heterocycles. The molecule has 1 N–H and O–H groups in total. The van der Waals surface area contributed by atoms with Crippen molar-refractivity contribution in [1.82, 2.24) is 0 Å². The van der Waals surface area contributed by atoms with Gasteiger partial charge in [0.2, 0.25) is 0 Å². The average Bonchev–Trinajstić information content (AvgIpc) is 2.79. The maximum Gasteiger partial charge on any atom is 0.305 e. The van der Waals surface area contributed by atoms with Crippen molar-refractivity contribution in [2.45, 2.75) is 136 Å². The summed E-state index contributed by atoms with van der Waals surface area (Å²) >= 11 is 0. The van der Waals surface area contributed by atoms with Gasteiger partial charge in [-0.1, -0.05) is 128 Å². The smallest absolute Gasteiger partial charge is 0.305 e. The van der Waals surface area contributed by atoms with Crippen LogP contribution in [0.1, 0.15) is 135 Å². The Balaban J connectivity index is 0.000000995. The number of para-hydroxylation sites is 1. The molecule has 0 aliphatic carbocycles. The average molecular weight is 449 g/mol. The number of carbonyl (C=O) groups is 1. The van der Waals surface area contributed by atoms with E-state index >= 15 is 0 Å². The highest BCUT2D eigenvalue weighted by molar-refractivity contribution is 5.69. The summed E-state index contributed by atoms with van der Waals surface area (Å²) < 4.78 is 5.16. The topological polar surface area (TPSA) is 46.5 Å². The summed E-state index contributed by atoms with van der Waals surface area (Å²) in [4.78, 5) is 11.4. The zero-order valence-corrected chi connectivity index (χ0v) is 21.5. The SMILES string of the molecule is CCCCCCCCCCCCCCCCCC(=O)OCCCC.Cc1ccccc1O. The van der Waals surface area contributed by atoms with Gasteiger partial charge in [0.1, 0.15) is 5.75 Å². The minimum atomic E-state index is -0.00172. The van der Waals surface area contributed by atoms with E-state index in [1.165, 1.54) is 89.9 Å². The van der Waals surface area contributed by atoms with Crippen LogP contribution in [0.15, 0.2) is 24.3 Å². The number of unbranched alkanes of at least 4 members (excludes halogenated alkanes) is 15. The van der Waals surface area contributed by atoms with E-state index in [0.29, 0.717) is 18.8 Å². The Labute approximate surface area is 199 Å². The number of aromatic hydroxyl groups is 1. The number of benzene rings is 1. The molecule has 0 spiro atoms. The number of esters is 1. The highest BCUT2D eigenvalue weighted by atomic mass is 16.5. The van der Waals surface area contributed by atoms with E-state index in [-0.39, 0.29) is 5.97 Å². The van der Waals surface area contributed by atoms with Crippen LogP contribution in [0.25, 0.3) is 0 Å². The van der Waals surface area contributed by atoms with Gasteiger partial charge >= 0.3 is 5.97 Å². The molecule has 0 aliphatic heterocycles. The van der Waals surface area contributed by atoms with Crippen LogP contribution in [0.4, 0.5) is 0 Å². The number of hydrogen-bond acceptors (Lipinski definition) is 3. The highest BCUT2D eigenvalue weighted by Crippen LogP contribution is 2.14. The molecule has 186 valence electrons. The van der Waals surface area contributed by atoms with Gasteiger partial charge < -0.3 is 9.84 Å². The predicted octanol–water partition coefficient (Wildman–Crippen LogP) is 9.29. The van der Waals surface area contributed by atoms with Crippen LogP contribution >= 0.6 is 0 Å². The van der Waals surface area contributed by atoms with Gasteiger partial charge in [-0.05, 0) is 31.4 Å². The summed E-state index contributed by atoms with van der Waals surface area (Å²) in [5.74, 6) is 0.366. The minimum absolute atomic E-state index is 0.00172. The molecule has 0 fully saturated rings. The Morgan fingerprint density at radius 3 is 1.53 bits per heavy atom. The zero-order chi connectivity index (χ0) is 23.7. The molecule has 3 heteroatoms. The van der Waals surface area contributed by atoms with Gasteiger partial charge in [-0.3, -0.25) is 4.79 Å². The maximum absolute atomic E-state index is 11.4. The molecule has 0 aliphatic rings. The van der Waals surface area contributed by atoms with Crippen molar-refractivity contribution >= 4 is 5.97 Å². The molecule has 1 aromatic carbocycles. The molecule has 1 rings (SSSR count). The molecular formula is C29H52O3. The fraction of sp³-hybridized carbons (Fsp3) is 0.759. The second-order valence-electron chi connectivity index (χ2n) is 9.06. The number of phenolic OH excluding ortho intramolecular Hbond substituents is 1. The lowest BCUT2D eigenvalue weighted by molar-refractivity contribution is -0.143. The summed E-state index contributed by atoms with van der Waals surface area (Å²) in [5, 5.41) is 8.92. The highest BCUT2D eigenvalue weighted by Gasteiger charge is 2.01. The van der Waals surface area contributed by atoms with Gasteiger partial charge in [-0.25, -0.2) is 0 Å². The predicted molar refractivity (Wildman–Crippen MR) is 138 cm³/mol. The van der Waals surface area contributed by atoms with Gasteiger partial charge in [-0.15, -0.1) is 0 Å². The third-order valence-corrected chi connectivity index (χ3v) is 5.86. The van der Waals surface area contributed by atoms with Crippen molar-refractivity contribution < 1.29 is 14.6 Å². The first-order valence-electron chi connectivity index (χ1n) is 13.5. The summed E-state index contributed by atoms with van der Waals surface area (Å²) in [6.45, 7) is 6.87. The number of rotatable bonds is 19. The first-order valence-corrected chi connectivity index (χ1v) is 13.5. The molecule has 0 bridgehead atoms. The quantitative estimate of drug-likeness (QED) is 0.169. The lowest BCUT2D eigenvalue weighted by Crippen LogP contribution is -2.05. The molecule has 0 saturated heterocycles. The van der Waals surface area contributed by atoms with Crippen LogP contribution in [0, 0.1) is 6.92 Å². The summed E-state index contributed by atoms with van der Waals surface area (Å²) in [6.07, 6.45) is 23.1. The fourth-order valence-corrected chi connectivity index (χ4v) is 3.61. The largest absolute Gasteiger partial charge is 0.508 e. The van der Waals surface area contributed by atoms with E-state index < -0.39 is 0 Å². The number of aryl methyl sites for hydroxylation is 1. The molecule has 0 aromatic heterocycles. The Morgan fingerprint density at radius 1 is 0.688 bits per heavy atom. The number of carbonyl (C=O) groups excluding carboxylic acids is 1. The second kappa shape index (κ2) is 24.1. The van der Waals surface area contributed by atoms with E-state index in [9.17, 15) is 4.79 Å². The standard InChI is InChI=1S/C22H44O2.C7H8O/c1-3-5-7-8-9-10-11-12-13-14-15-16-17-18-19-20-22(23)24-21-6-4-2;1-6-4-2-3-5-7(6)8/h3-21H2,1-2H3;2-5,8H,1H3. The van der Waals surface area contributed by atoms with Crippen LogP contribution in [0.2, 0.25) is 0 Å². The number of phenols is 1. The second-order valence-corrected chi connectivity index (χ2v) is 9.06. The number of hydrogen-bond donors (Lipinski definition) is 1. The Morgan fingerprint density at radius 2 is 1.12 bits per heavy atom. The third kappa shape index (κ3) is 21.7. The van der Waals surface area contributed by atoms with Gasteiger partial charge in [0.25, 0.3) is 0 Å². The van der Waals surface area contributed by atoms with E-state index in [2.05, 4.69) is 13.8 Å². The van der Waals surface area contributed by atoms with Gasteiger partial charge in [0.05, 0.1) is 6.61 Å². The van der Waals surface area contributed by atoms with Gasteiger partial charge in [0, 0.05) is 6.42 Å². The fourth-order valence-electron chi connectivity index (χ4n) is 3.61. The van der Waals surface area contributed by atoms with Gasteiger partial charge in [0.15, 0.2) is 0 Å². The lowest BCUT2D eigenvalue weighted by Gasteiger charge is -2.04. The molecule has 3 nitrogen and oxygen atoms in total. The monoisotopic (exact) mass is 448 g/mol. The maximum atomic E-state index is 11.4. The third-order valence-electron chi connectivity index (χ3n) is 5.86. The minimum Gasteiger partial charge on any atom is -0.508 e. The Kier molecular flexibility index (Phi) is 23.0. The van der Waals surface area contributed by atoms with Crippen LogP contribution in [0.5, 0.6) is 5.75 Å². The summed E-state index contributed by atoms with van der Waals surface area (Å²) in [5.41, 5.74) is 0.924. The van der Waals surface area contributed by atoms with Crippen LogP contribution in [0.3, 0.4) is 0 Å². The van der Waals surface area contributed by atoms with Crippen LogP contribution in [-0.2, 0) is 9.53 Å².